The predicted octanol–water partition coefficient (Wildman–Crippen LogP) is 5.42. The number of aliphatic hydroxyl groups is 1. The third-order valence-corrected chi connectivity index (χ3v) is 7.97. The molecule has 0 bridgehead atoms. The first kappa shape index (κ1) is 27.7. The van der Waals surface area contributed by atoms with Crippen molar-refractivity contribution < 1.29 is 27.8 Å². The quantitative estimate of drug-likeness (QED) is 0.320. The number of aromatic nitrogens is 2. The van der Waals surface area contributed by atoms with E-state index in [9.17, 15) is 27.9 Å². The molecule has 4 aromatic rings. The molecule has 2 heterocycles. The molecule has 2 N–H and O–H groups in total. The van der Waals surface area contributed by atoms with Gasteiger partial charge in [0.05, 0.1) is 23.2 Å². The number of hydrogen-bond acceptors (Lipinski definition) is 5. The van der Waals surface area contributed by atoms with Gasteiger partial charge in [-0.25, -0.2) is 4.98 Å². The van der Waals surface area contributed by atoms with Gasteiger partial charge in [-0.15, -0.1) is 13.2 Å². The van der Waals surface area contributed by atoms with Crippen molar-refractivity contribution in [1.82, 2.24) is 14.9 Å². The smallest absolute Gasteiger partial charge is 0.406 e. The van der Waals surface area contributed by atoms with Crippen molar-refractivity contribution in [1.29, 1.82) is 0 Å². The number of fused-ring (bicyclic) bond motifs is 1. The maximum Gasteiger partial charge on any atom is 0.573 e. The minimum absolute atomic E-state index is 0.0166. The van der Waals surface area contributed by atoms with E-state index in [1.54, 1.807) is 30.3 Å². The number of halogens is 3. The summed E-state index contributed by atoms with van der Waals surface area (Å²) in [6.07, 6.45) is -3.45. The molecule has 3 aromatic carbocycles. The lowest BCUT2D eigenvalue weighted by Gasteiger charge is -2.24. The Labute approximate surface area is 239 Å². The second kappa shape index (κ2) is 10.8. The molecule has 2 aliphatic rings. The van der Waals surface area contributed by atoms with Gasteiger partial charge in [0.2, 0.25) is 0 Å². The van der Waals surface area contributed by atoms with Gasteiger partial charge in [0.25, 0.3) is 11.5 Å². The molecule has 1 aliphatic carbocycles. The standard InChI is InChI=1S/C32H28F3N3O4/c33-32(34,35)42-24-12-5-8-21(18-24)20-7-4-9-22(17-20)27(39)29(41)38-16-6-13-26-25(19-38)28(40)37-30(36-26)31(14-15-31)23-10-2-1-3-11-23/h1-5,7-12,17-18,27,39H,6,13-16,19H2,(H,36,37,40)/t27-/m1/s1. The summed E-state index contributed by atoms with van der Waals surface area (Å²) < 4.78 is 42.1. The number of benzene rings is 3. The number of carbonyl (C=O) groups is 1. The lowest BCUT2D eigenvalue weighted by Crippen LogP contribution is -2.36. The molecule has 7 nitrogen and oxygen atoms in total. The fraction of sp³-hybridized carbons (Fsp3) is 0.281. The van der Waals surface area contributed by atoms with Crippen molar-refractivity contribution in [3.8, 4) is 16.9 Å². The number of nitrogens with zero attached hydrogens (tertiary/aromatic N) is 2. The largest absolute Gasteiger partial charge is 0.573 e. The summed E-state index contributed by atoms with van der Waals surface area (Å²) in [5.74, 6) is -0.289. The Morgan fingerprint density at radius 1 is 1.00 bits per heavy atom. The molecular formula is C32H28F3N3O4. The monoisotopic (exact) mass is 575 g/mol. The molecule has 0 saturated heterocycles. The van der Waals surface area contributed by atoms with E-state index in [-0.39, 0.29) is 28.8 Å². The zero-order valence-corrected chi connectivity index (χ0v) is 22.5. The van der Waals surface area contributed by atoms with Crippen LogP contribution >= 0.6 is 0 Å². The van der Waals surface area contributed by atoms with Crippen molar-refractivity contribution in [2.75, 3.05) is 6.54 Å². The van der Waals surface area contributed by atoms with Gasteiger partial charge < -0.3 is 19.7 Å². The van der Waals surface area contributed by atoms with Crippen molar-refractivity contribution in [2.45, 2.75) is 50.1 Å². The Morgan fingerprint density at radius 3 is 2.43 bits per heavy atom. The summed E-state index contributed by atoms with van der Waals surface area (Å²) in [6, 6.07) is 21.9. The van der Waals surface area contributed by atoms with Crippen molar-refractivity contribution in [3.05, 3.63) is 117 Å². The lowest BCUT2D eigenvalue weighted by molar-refractivity contribution is -0.274. The summed E-state index contributed by atoms with van der Waals surface area (Å²) in [7, 11) is 0. The lowest BCUT2D eigenvalue weighted by atomic mass is 9.94. The van der Waals surface area contributed by atoms with Crippen molar-refractivity contribution in [2.24, 2.45) is 0 Å². The molecule has 1 aromatic heterocycles. The number of nitrogens with one attached hydrogen (secondary N) is 1. The molecular weight excluding hydrogens is 547 g/mol. The number of alkyl halides is 3. The molecule has 0 unspecified atom stereocenters. The number of rotatable bonds is 6. The van der Waals surface area contributed by atoms with Crippen LogP contribution in [0.5, 0.6) is 5.75 Å². The van der Waals surface area contributed by atoms with Gasteiger partial charge in [-0.05, 0) is 66.1 Å². The maximum atomic E-state index is 13.5. The predicted molar refractivity (Wildman–Crippen MR) is 149 cm³/mol. The van der Waals surface area contributed by atoms with Gasteiger partial charge >= 0.3 is 6.36 Å². The van der Waals surface area contributed by atoms with Crippen LogP contribution in [0.4, 0.5) is 13.2 Å². The summed E-state index contributed by atoms with van der Waals surface area (Å²) in [6.45, 7) is 0.351. The molecule has 1 atom stereocenters. The maximum absolute atomic E-state index is 13.5. The first-order valence-electron chi connectivity index (χ1n) is 13.7. The number of aliphatic hydroxyl groups excluding tert-OH is 1. The summed E-state index contributed by atoms with van der Waals surface area (Å²) in [5.41, 5.74) is 2.84. The number of hydrogen-bond donors (Lipinski definition) is 2. The highest BCUT2D eigenvalue weighted by Gasteiger charge is 2.48. The summed E-state index contributed by atoms with van der Waals surface area (Å²) in [4.78, 5) is 36.1. The fourth-order valence-electron chi connectivity index (χ4n) is 5.66. The SMILES string of the molecule is O=C([C@H](O)c1cccc(-c2cccc(OC(F)(F)F)c2)c1)N1CCCc2nc(C3(c4ccccc4)CC3)[nH]c(=O)c2C1. The van der Waals surface area contributed by atoms with E-state index in [0.29, 0.717) is 47.6 Å². The summed E-state index contributed by atoms with van der Waals surface area (Å²) >= 11 is 0. The third kappa shape index (κ3) is 5.54. The third-order valence-electron chi connectivity index (χ3n) is 7.97. The molecule has 0 spiro atoms. The second-order valence-electron chi connectivity index (χ2n) is 10.8. The molecule has 10 heteroatoms. The number of H-pyrrole nitrogens is 1. The Morgan fingerprint density at radius 2 is 1.71 bits per heavy atom. The highest BCUT2D eigenvalue weighted by molar-refractivity contribution is 5.83. The van der Waals surface area contributed by atoms with Gasteiger partial charge in [-0.1, -0.05) is 60.7 Å². The van der Waals surface area contributed by atoms with Crippen LogP contribution < -0.4 is 10.3 Å². The van der Waals surface area contributed by atoms with Gasteiger partial charge in [0.1, 0.15) is 11.6 Å². The van der Waals surface area contributed by atoms with Gasteiger partial charge in [0, 0.05) is 6.54 Å². The Hall–Kier alpha value is -4.44. The van der Waals surface area contributed by atoms with Crippen LogP contribution in [0, 0.1) is 0 Å². The number of carbonyl (C=O) groups excluding carboxylic acids is 1. The zero-order valence-electron chi connectivity index (χ0n) is 22.5. The van der Waals surface area contributed by atoms with E-state index >= 15 is 0 Å². The van der Waals surface area contributed by atoms with Crippen molar-refractivity contribution in [3.63, 3.8) is 0 Å². The first-order chi connectivity index (χ1) is 20.1. The molecule has 42 heavy (non-hydrogen) atoms. The second-order valence-corrected chi connectivity index (χ2v) is 10.8. The molecule has 1 fully saturated rings. The topological polar surface area (TPSA) is 95.5 Å². The molecule has 6 rings (SSSR count). The Kier molecular flexibility index (Phi) is 7.10. The van der Waals surface area contributed by atoms with E-state index in [2.05, 4.69) is 9.72 Å². The Balaban J connectivity index is 1.22. The van der Waals surface area contributed by atoms with Crippen LogP contribution in [0.15, 0.2) is 83.7 Å². The minimum Gasteiger partial charge on any atom is -0.406 e. The van der Waals surface area contributed by atoms with E-state index in [0.717, 1.165) is 18.4 Å². The van der Waals surface area contributed by atoms with Crippen LogP contribution in [-0.2, 0) is 23.2 Å². The van der Waals surface area contributed by atoms with Gasteiger partial charge in [-0.2, -0.15) is 0 Å². The highest BCUT2D eigenvalue weighted by atomic mass is 19.4. The number of amides is 1. The van der Waals surface area contributed by atoms with Crippen LogP contribution in [0.2, 0.25) is 0 Å². The number of aromatic amines is 1. The van der Waals surface area contributed by atoms with Crippen LogP contribution in [0.25, 0.3) is 11.1 Å². The average Bonchev–Trinajstić information content (AvgIpc) is 3.81. The van der Waals surface area contributed by atoms with E-state index in [1.165, 1.54) is 23.1 Å². The molecule has 0 radical (unpaired) electrons. The Bertz CT molecular complexity index is 1680. The van der Waals surface area contributed by atoms with E-state index < -0.39 is 18.4 Å². The average molecular weight is 576 g/mol. The first-order valence-corrected chi connectivity index (χ1v) is 13.7. The van der Waals surface area contributed by atoms with E-state index in [1.807, 2.05) is 30.3 Å². The minimum atomic E-state index is -4.82. The normalized spacial score (nSPS) is 16.7. The molecule has 216 valence electrons. The number of aryl methyl sites for hydroxylation is 1. The fourth-order valence-corrected chi connectivity index (χ4v) is 5.66. The van der Waals surface area contributed by atoms with E-state index in [4.69, 9.17) is 4.98 Å². The van der Waals surface area contributed by atoms with Gasteiger partial charge in [0.15, 0.2) is 6.10 Å². The van der Waals surface area contributed by atoms with Gasteiger partial charge in [-0.3, -0.25) is 9.59 Å². The zero-order chi connectivity index (χ0) is 29.5. The van der Waals surface area contributed by atoms with Crippen LogP contribution in [0.3, 0.4) is 0 Å². The molecule has 1 aliphatic heterocycles. The molecule has 1 saturated carbocycles. The number of ether oxygens (including phenoxy) is 1. The van der Waals surface area contributed by atoms with Crippen LogP contribution in [0.1, 0.15) is 53.6 Å². The van der Waals surface area contributed by atoms with Crippen LogP contribution in [-0.4, -0.2) is 38.8 Å². The highest BCUT2D eigenvalue weighted by Crippen LogP contribution is 2.52. The molecule has 1 amide bonds. The summed E-state index contributed by atoms with van der Waals surface area (Å²) in [5, 5.41) is 11.0. The van der Waals surface area contributed by atoms with Crippen molar-refractivity contribution >= 4 is 5.91 Å².